The molecule has 0 aliphatic carbocycles. The van der Waals surface area contributed by atoms with Gasteiger partial charge in [-0.3, -0.25) is 9.69 Å². The summed E-state index contributed by atoms with van der Waals surface area (Å²) >= 11 is 0. The van der Waals surface area contributed by atoms with Crippen LogP contribution in [-0.2, 0) is 4.79 Å². The summed E-state index contributed by atoms with van der Waals surface area (Å²) < 4.78 is 16.6. The number of ketones is 1. The van der Waals surface area contributed by atoms with E-state index in [1.165, 1.54) is 0 Å². The van der Waals surface area contributed by atoms with Gasteiger partial charge in [0.25, 0.3) is 0 Å². The lowest BCUT2D eigenvalue weighted by Crippen LogP contribution is -2.41. The SMILES string of the molecule is COc1cccc(/C=C2\CN(C(C)C)C/C(=C\c3cccc(C)c3OC)C2=O)c1OC. The van der Waals surface area contributed by atoms with Gasteiger partial charge < -0.3 is 14.2 Å². The van der Waals surface area contributed by atoms with E-state index in [1.807, 2.05) is 55.5 Å². The average Bonchev–Trinajstić information content (AvgIpc) is 2.76. The second kappa shape index (κ2) is 9.84. The van der Waals surface area contributed by atoms with Crippen LogP contribution < -0.4 is 14.2 Å². The van der Waals surface area contributed by atoms with Gasteiger partial charge >= 0.3 is 0 Å². The molecule has 5 nitrogen and oxygen atoms in total. The third-order valence-corrected chi connectivity index (χ3v) is 5.60. The Labute approximate surface area is 184 Å². The number of likely N-dealkylation sites (tertiary alicyclic amines) is 1. The number of Topliss-reactive ketones (excluding diaryl/α,β-unsaturated/α-hetero) is 1. The minimum Gasteiger partial charge on any atom is -0.496 e. The molecule has 3 rings (SSSR count). The van der Waals surface area contributed by atoms with Gasteiger partial charge in [-0.2, -0.15) is 0 Å². The molecular weight excluding hydrogens is 390 g/mol. The number of para-hydroxylation sites is 2. The monoisotopic (exact) mass is 421 g/mol. The van der Waals surface area contributed by atoms with E-state index in [1.54, 1.807) is 21.3 Å². The van der Waals surface area contributed by atoms with Crippen LogP contribution in [0.25, 0.3) is 12.2 Å². The van der Waals surface area contributed by atoms with Crippen LogP contribution in [0.15, 0.2) is 47.5 Å². The Hall–Kier alpha value is -3.05. The molecule has 1 fully saturated rings. The molecule has 2 aromatic carbocycles. The second-order valence-corrected chi connectivity index (χ2v) is 7.95. The van der Waals surface area contributed by atoms with E-state index >= 15 is 0 Å². The topological polar surface area (TPSA) is 48.0 Å². The maximum Gasteiger partial charge on any atom is 0.187 e. The molecule has 0 radical (unpaired) electrons. The van der Waals surface area contributed by atoms with Crippen molar-refractivity contribution in [1.82, 2.24) is 4.90 Å². The van der Waals surface area contributed by atoms with Crippen molar-refractivity contribution >= 4 is 17.9 Å². The Bertz CT molecular complexity index is 1020. The first-order valence-corrected chi connectivity index (χ1v) is 10.4. The molecule has 1 heterocycles. The van der Waals surface area contributed by atoms with Gasteiger partial charge in [0.1, 0.15) is 5.75 Å². The number of carbonyl (C=O) groups excluding carboxylic acids is 1. The lowest BCUT2D eigenvalue weighted by Gasteiger charge is -2.33. The lowest BCUT2D eigenvalue weighted by molar-refractivity contribution is -0.113. The van der Waals surface area contributed by atoms with Crippen molar-refractivity contribution in [3.63, 3.8) is 0 Å². The van der Waals surface area contributed by atoms with Gasteiger partial charge in [-0.15, -0.1) is 0 Å². The van der Waals surface area contributed by atoms with Crippen LogP contribution in [0.1, 0.15) is 30.5 Å². The molecule has 0 amide bonds. The van der Waals surface area contributed by atoms with Crippen molar-refractivity contribution in [3.8, 4) is 17.2 Å². The molecule has 0 saturated carbocycles. The van der Waals surface area contributed by atoms with Crippen LogP contribution in [0, 0.1) is 6.92 Å². The van der Waals surface area contributed by atoms with E-state index < -0.39 is 0 Å². The molecule has 1 saturated heterocycles. The fourth-order valence-electron chi connectivity index (χ4n) is 3.90. The summed E-state index contributed by atoms with van der Waals surface area (Å²) in [5.41, 5.74) is 4.25. The summed E-state index contributed by atoms with van der Waals surface area (Å²) in [7, 11) is 4.88. The van der Waals surface area contributed by atoms with Gasteiger partial charge in [0, 0.05) is 41.4 Å². The van der Waals surface area contributed by atoms with Gasteiger partial charge in [-0.1, -0.05) is 30.3 Å². The molecule has 0 bridgehead atoms. The zero-order valence-corrected chi connectivity index (χ0v) is 19.2. The van der Waals surface area contributed by atoms with Gasteiger partial charge in [0.15, 0.2) is 17.3 Å². The van der Waals surface area contributed by atoms with Crippen LogP contribution in [0.3, 0.4) is 0 Å². The third kappa shape index (κ3) is 4.83. The first-order valence-electron chi connectivity index (χ1n) is 10.4. The number of nitrogens with zero attached hydrogens (tertiary/aromatic N) is 1. The first-order chi connectivity index (χ1) is 14.9. The fourth-order valence-corrected chi connectivity index (χ4v) is 3.90. The minimum atomic E-state index is 0.0466. The lowest BCUT2D eigenvalue weighted by atomic mass is 9.93. The zero-order valence-electron chi connectivity index (χ0n) is 19.2. The number of piperidine rings is 1. The smallest absolute Gasteiger partial charge is 0.187 e. The molecule has 0 aromatic heterocycles. The molecule has 164 valence electrons. The molecule has 5 heteroatoms. The largest absolute Gasteiger partial charge is 0.496 e. The normalized spacial score (nSPS) is 17.5. The van der Waals surface area contributed by atoms with Crippen molar-refractivity contribution in [2.45, 2.75) is 26.8 Å². The Morgan fingerprint density at radius 3 is 1.90 bits per heavy atom. The van der Waals surface area contributed by atoms with Crippen LogP contribution in [0.2, 0.25) is 0 Å². The van der Waals surface area contributed by atoms with Crippen molar-refractivity contribution in [2.24, 2.45) is 0 Å². The van der Waals surface area contributed by atoms with Gasteiger partial charge in [-0.05, 0) is 44.6 Å². The van der Waals surface area contributed by atoms with Crippen LogP contribution >= 0.6 is 0 Å². The van der Waals surface area contributed by atoms with Crippen molar-refractivity contribution < 1.29 is 19.0 Å². The number of ether oxygens (including phenoxy) is 3. The van der Waals surface area contributed by atoms with Crippen LogP contribution in [-0.4, -0.2) is 51.1 Å². The first kappa shape index (κ1) is 22.6. The highest BCUT2D eigenvalue weighted by Gasteiger charge is 2.28. The predicted molar refractivity (Wildman–Crippen MR) is 125 cm³/mol. The highest BCUT2D eigenvalue weighted by Crippen LogP contribution is 2.34. The van der Waals surface area contributed by atoms with E-state index in [0.29, 0.717) is 30.6 Å². The van der Waals surface area contributed by atoms with Crippen LogP contribution in [0.4, 0.5) is 0 Å². The number of rotatable bonds is 6. The molecule has 1 aliphatic heterocycles. The molecule has 0 N–H and O–H groups in total. The summed E-state index contributed by atoms with van der Waals surface area (Å²) in [5.74, 6) is 2.11. The maximum absolute atomic E-state index is 13.5. The number of hydrogen-bond acceptors (Lipinski definition) is 5. The number of aryl methyl sites for hydroxylation is 1. The number of hydrogen-bond donors (Lipinski definition) is 0. The van der Waals surface area contributed by atoms with Gasteiger partial charge in [-0.25, -0.2) is 0 Å². The Kier molecular flexibility index (Phi) is 7.18. The van der Waals surface area contributed by atoms with E-state index in [-0.39, 0.29) is 5.78 Å². The third-order valence-electron chi connectivity index (χ3n) is 5.60. The molecule has 2 aromatic rings. The fraction of sp³-hybridized carbons (Fsp3) is 0.346. The van der Waals surface area contributed by atoms with Crippen molar-refractivity contribution in [1.29, 1.82) is 0 Å². The highest BCUT2D eigenvalue weighted by atomic mass is 16.5. The van der Waals surface area contributed by atoms with Gasteiger partial charge in [0.2, 0.25) is 0 Å². The maximum atomic E-state index is 13.5. The molecule has 1 aliphatic rings. The minimum absolute atomic E-state index is 0.0466. The standard InChI is InChI=1S/C26H31NO4/c1-17(2)27-15-21(13-19-10-7-9-18(3)25(19)30-5)24(28)22(16-27)14-20-11-8-12-23(29-4)26(20)31-6/h7-14,17H,15-16H2,1-6H3/b21-13+,22-14+. The Balaban J connectivity index is 2.08. The average molecular weight is 422 g/mol. The van der Waals surface area contributed by atoms with E-state index in [9.17, 15) is 4.79 Å². The van der Waals surface area contributed by atoms with E-state index in [4.69, 9.17) is 14.2 Å². The number of methoxy groups -OCH3 is 3. The Morgan fingerprint density at radius 1 is 0.839 bits per heavy atom. The molecule has 31 heavy (non-hydrogen) atoms. The second-order valence-electron chi connectivity index (χ2n) is 7.95. The molecule has 0 unspecified atom stereocenters. The Morgan fingerprint density at radius 2 is 1.39 bits per heavy atom. The summed E-state index contributed by atoms with van der Waals surface area (Å²) in [6.07, 6.45) is 3.87. The van der Waals surface area contributed by atoms with Crippen LogP contribution in [0.5, 0.6) is 17.2 Å². The number of carbonyl (C=O) groups is 1. The summed E-state index contributed by atoms with van der Waals surface area (Å²) in [4.78, 5) is 15.8. The summed E-state index contributed by atoms with van der Waals surface area (Å²) in [6.45, 7) is 7.47. The highest BCUT2D eigenvalue weighted by molar-refractivity contribution is 6.15. The van der Waals surface area contributed by atoms with E-state index in [2.05, 4.69) is 18.7 Å². The molecule has 0 spiro atoms. The van der Waals surface area contributed by atoms with Gasteiger partial charge in [0.05, 0.1) is 21.3 Å². The van der Waals surface area contributed by atoms with Crippen molar-refractivity contribution in [2.75, 3.05) is 34.4 Å². The number of benzene rings is 2. The molecule has 0 atom stereocenters. The quantitative estimate of drug-likeness (QED) is 0.628. The zero-order chi connectivity index (χ0) is 22.5. The molecular formula is C26H31NO4. The van der Waals surface area contributed by atoms with Crippen molar-refractivity contribution in [3.05, 3.63) is 64.2 Å². The van der Waals surface area contributed by atoms with E-state index in [0.717, 1.165) is 33.6 Å². The summed E-state index contributed by atoms with van der Waals surface area (Å²) in [6, 6.07) is 11.9. The summed E-state index contributed by atoms with van der Waals surface area (Å²) in [5, 5.41) is 0. The predicted octanol–water partition coefficient (Wildman–Crippen LogP) is 4.78.